The van der Waals surface area contributed by atoms with Gasteiger partial charge in [-0.1, -0.05) is 0 Å². The number of rotatable bonds is 0. The molecule has 0 bridgehead atoms. The van der Waals surface area contributed by atoms with Gasteiger partial charge in [0.25, 0.3) is 0 Å². The summed E-state index contributed by atoms with van der Waals surface area (Å²) in [5, 5.41) is 0. The predicted octanol–water partition coefficient (Wildman–Crippen LogP) is -2.61. The molecule has 0 aromatic carbocycles. The second-order valence-electron chi connectivity index (χ2n) is 0. The zero-order valence-corrected chi connectivity index (χ0v) is 4.44. The van der Waals surface area contributed by atoms with Crippen molar-refractivity contribution in [3.8, 4) is 0 Å². The van der Waals surface area contributed by atoms with Gasteiger partial charge in [0.05, 0.1) is 0 Å². The third kappa shape index (κ3) is 156. The third-order valence-corrected chi connectivity index (χ3v) is 0. The van der Waals surface area contributed by atoms with Gasteiger partial charge in [0.2, 0.25) is 0 Å². The summed E-state index contributed by atoms with van der Waals surface area (Å²) in [5.74, 6) is 0. The number of hydrogen-bond acceptors (Lipinski definition) is 0. The Bertz CT molecular complexity index is 7.51. The van der Waals surface area contributed by atoms with Crippen LogP contribution in [-0.2, 0) is 14.6 Å². The first-order valence-corrected chi connectivity index (χ1v) is 1.48. The first-order chi connectivity index (χ1) is 1.00. The summed E-state index contributed by atoms with van der Waals surface area (Å²) in [6.45, 7) is 0. The fraction of sp³-hybridized carbons (Fsp3) is 0. The maximum atomic E-state index is 4.26. The molecule has 6 heteroatoms. The maximum absolute atomic E-state index is 4.26. The molecule has 49 valence electrons. The standard InChI is InChI=1S/ClH.Ni.4H2O/h1H;;4*1H2/q;+1;;;;/p-1. The molecule has 0 heterocycles. The van der Waals surface area contributed by atoms with Crippen LogP contribution >= 0.6 is 10.2 Å². The number of hydrogen-bond donors (Lipinski definition) is 0. The van der Waals surface area contributed by atoms with Crippen molar-refractivity contribution in [2.24, 2.45) is 0 Å². The van der Waals surface area contributed by atoms with Gasteiger partial charge < -0.3 is 21.9 Å². The molecule has 0 aromatic heterocycles. The van der Waals surface area contributed by atoms with E-state index in [0.717, 1.165) is 0 Å². The number of halogens is 1. The van der Waals surface area contributed by atoms with E-state index < -0.39 is 0 Å². The van der Waals surface area contributed by atoms with Crippen molar-refractivity contribution in [2.45, 2.75) is 0 Å². The van der Waals surface area contributed by atoms with Crippen LogP contribution in [0.25, 0.3) is 0 Å². The van der Waals surface area contributed by atoms with Gasteiger partial charge in [-0.2, -0.15) is 0 Å². The molecule has 8 N–H and O–H groups in total. The molecule has 0 aliphatic heterocycles. The van der Waals surface area contributed by atoms with Crippen molar-refractivity contribution in [3.63, 3.8) is 0 Å². The molecular formula is H8ClNiO4. The Morgan fingerprint density at radius 1 is 0.667 bits per heavy atom. The molecule has 0 saturated heterocycles. The summed E-state index contributed by atoms with van der Waals surface area (Å²) < 4.78 is 0. The van der Waals surface area contributed by atoms with Crippen LogP contribution < -0.4 is 0 Å². The quantitative estimate of drug-likeness (QED) is 0.349. The van der Waals surface area contributed by atoms with Crippen LogP contribution in [0.3, 0.4) is 0 Å². The van der Waals surface area contributed by atoms with Crippen LogP contribution in [0.15, 0.2) is 0 Å². The summed E-state index contributed by atoms with van der Waals surface area (Å²) in [4.78, 5) is 0. The molecule has 0 rings (SSSR count). The van der Waals surface area contributed by atoms with E-state index in [4.69, 9.17) is 0 Å². The molecule has 4 nitrogen and oxygen atoms in total. The topological polar surface area (TPSA) is 126 Å². The molecular weight excluding hydrogens is 158 g/mol. The monoisotopic (exact) mass is 165 g/mol. The van der Waals surface area contributed by atoms with E-state index in [-0.39, 0.29) is 21.9 Å². The van der Waals surface area contributed by atoms with E-state index in [1.165, 1.54) is 0 Å². The van der Waals surface area contributed by atoms with Gasteiger partial charge in [0.15, 0.2) is 0 Å². The van der Waals surface area contributed by atoms with Crippen LogP contribution in [0.1, 0.15) is 0 Å². The van der Waals surface area contributed by atoms with Gasteiger partial charge in [-0.3, -0.25) is 0 Å². The fourth-order valence-electron chi connectivity index (χ4n) is 0. The Hall–Kier alpha value is 0.624. The SMILES string of the molecule is O.O.O.O.[Cl][Ni]. The zero-order chi connectivity index (χ0) is 2.00. The predicted molar refractivity (Wildman–Crippen MR) is 20.3 cm³/mol. The van der Waals surface area contributed by atoms with Gasteiger partial charge >= 0.3 is 24.8 Å². The first kappa shape index (κ1) is 79.5. The zero-order valence-electron chi connectivity index (χ0n) is 2.69. The molecule has 0 amide bonds. The van der Waals surface area contributed by atoms with Crippen LogP contribution in [0.2, 0.25) is 0 Å². The molecule has 0 unspecified atom stereocenters. The molecule has 0 spiro atoms. The van der Waals surface area contributed by atoms with E-state index in [1.807, 2.05) is 0 Å². The van der Waals surface area contributed by atoms with E-state index >= 15 is 0 Å². The fourth-order valence-corrected chi connectivity index (χ4v) is 0. The summed E-state index contributed by atoms with van der Waals surface area (Å²) in [6, 6.07) is 0. The van der Waals surface area contributed by atoms with Crippen molar-refractivity contribution < 1.29 is 36.5 Å². The molecule has 0 saturated carbocycles. The van der Waals surface area contributed by atoms with Crippen molar-refractivity contribution in [1.29, 1.82) is 0 Å². The van der Waals surface area contributed by atoms with Crippen LogP contribution in [0.5, 0.6) is 0 Å². The van der Waals surface area contributed by atoms with Gasteiger partial charge in [0, 0.05) is 0 Å². The minimum atomic E-state index is 0. The van der Waals surface area contributed by atoms with Crippen molar-refractivity contribution in [1.82, 2.24) is 0 Å². The Balaban J connectivity index is -0.000000000833. The minimum absolute atomic E-state index is 0. The van der Waals surface area contributed by atoms with E-state index in [9.17, 15) is 0 Å². The van der Waals surface area contributed by atoms with Gasteiger partial charge in [-0.15, -0.1) is 0 Å². The Kier molecular flexibility index (Phi) is 4100. The van der Waals surface area contributed by atoms with Crippen LogP contribution in [-0.4, -0.2) is 21.9 Å². The molecule has 0 aliphatic carbocycles. The first-order valence-electron chi connectivity index (χ1n) is 0.120. The van der Waals surface area contributed by atoms with E-state index in [1.54, 1.807) is 0 Å². The average molecular weight is 166 g/mol. The molecule has 0 fully saturated rings. The Morgan fingerprint density at radius 3 is 0.667 bits per heavy atom. The van der Waals surface area contributed by atoms with Crippen LogP contribution in [0.4, 0.5) is 0 Å². The van der Waals surface area contributed by atoms with Gasteiger partial charge in [-0.05, 0) is 0 Å². The summed E-state index contributed by atoms with van der Waals surface area (Å²) >= 11 is 3.35. The normalized spacial score (nSPS) is 1.17. The molecule has 0 radical (unpaired) electrons. The molecule has 0 atom stereocenters. The third-order valence-electron chi connectivity index (χ3n) is 0. The summed E-state index contributed by atoms with van der Waals surface area (Å²) in [7, 11) is 4.26. The molecule has 6 heavy (non-hydrogen) atoms. The van der Waals surface area contributed by atoms with Gasteiger partial charge in [0.1, 0.15) is 0 Å². The molecule has 0 aromatic rings. The summed E-state index contributed by atoms with van der Waals surface area (Å²) in [5.41, 5.74) is 0. The van der Waals surface area contributed by atoms with Crippen molar-refractivity contribution in [2.75, 3.05) is 0 Å². The van der Waals surface area contributed by atoms with E-state index in [2.05, 4.69) is 24.8 Å². The van der Waals surface area contributed by atoms with E-state index in [0.29, 0.717) is 0 Å². The Morgan fingerprint density at radius 2 is 0.667 bits per heavy atom. The van der Waals surface area contributed by atoms with Crippen LogP contribution in [0, 0.1) is 0 Å². The second kappa shape index (κ2) is 309. The van der Waals surface area contributed by atoms with Gasteiger partial charge in [-0.25, -0.2) is 0 Å². The van der Waals surface area contributed by atoms with Crippen molar-refractivity contribution >= 4 is 10.2 Å². The second-order valence-corrected chi connectivity index (χ2v) is 0. The summed E-state index contributed by atoms with van der Waals surface area (Å²) in [6.07, 6.45) is 0. The Labute approximate surface area is 47.4 Å². The molecule has 0 aliphatic rings. The van der Waals surface area contributed by atoms with Crippen molar-refractivity contribution in [3.05, 3.63) is 0 Å². The average Bonchev–Trinajstić information content (AvgIpc) is 1.00.